The summed E-state index contributed by atoms with van der Waals surface area (Å²) in [6.45, 7) is 3.63. The molecule has 6 heteroatoms. The predicted molar refractivity (Wildman–Crippen MR) is 137 cm³/mol. The van der Waals surface area contributed by atoms with Crippen molar-refractivity contribution in [1.29, 1.82) is 0 Å². The Balaban J connectivity index is 1.48. The SMILES string of the molecule is CN(C)c1ccc(C(CNC(=O)NC(c2ccccc2)c2ccccc2)N2CCOCC2)cc1. The Hall–Kier alpha value is -3.35. The van der Waals surface area contributed by atoms with Gasteiger partial charge in [0.1, 0.15) is 0 Å². The summed E-state index contributed by atoms with van der Waals surface area (Å²) in [5, 5.41) is 6.33. The van der Waals surface area contributed by atoms with Crippen molar-refractivity contribution in [3.05, 3.63) is 102 Å². The van der Waals surface area contributed by atoms with Crippen LogP contribution in [0.15, 0.2) is 84.9 Å². The van der Waals surface area contributed by atoms with Crippen molar-refractivity contribution < 1.29 is 9.53 Å². The number of nitrogens with zero attached hydrogens (tertiary/aromatic N) is 2. The summed E-state index contributed by atoms with van der Waals surface area (Å²) in [6, 6.07) is 28.4. The molecule has 0 saturated carbocycles. The highest BCUT2D eigenvalue weighted by molar-refractivity contribution is 5.75. The van der Waals surface area contributed by atoms with Gasteiger partial charge in [0, 0.05) is 39.4 Å². The van der Waals surface area contributed by atoms with Gasteiger partial charge >= 0.3 is 6.03 Å². The molecule has 2 N–H and O–H groups in total. The van der Waals surface area contributed by atoms with Crippen molar-refractivity contribution in [3.8, 4) is 0 Å². The van der Waals surface area contributed by atoms with Crippen LogP contribution < -0.4 is 15.5 Å². The molecule has 2 amide bonds. The second-order valence-electron chi connectivity index (χ2n) is 8.76. The van der Waals surface area contributed by atoms with Gasteiger partial charge in [-0.05, 0) is 28.8 Å². The molecule has 1 heterocycles. The molecule has 34 heavy (non-hydrogen) atoms. The first-order valence-corrected chi connectivity index (χ1v) is 11.8. The number of ether oxygens (including phenoxy) is 1. The van der Waals surface area contributed by atoms with Gasteiger partial charge in [-0.3, -0.25) is 4.90 Å². The number of carbonyl (C=O) groups excluding carboxylic acids is 1. The van der Waals surface area contributed by atoms with Crippen molar-refractivity contribution in [3.63, 3.8) is 0 Å². The van der Waals surface area contributed by atoms with Gasteiger partial charge in [0.25, 0.3) is 0 Å². The average molecular weight is 459 g/mol. The van der Waals surface area contributed by atoms with Gasteiger partial charge in [0.2, 0.25) is 0 Å². The first-order chi connectivity index (χ1) is 16.6. The Labute approximate surface area is 202 Å². The Kier molecular flexibility index (Phi) is 8.17. The fourth-order valence-corrected chi connectivity index (χ4v) is 4.36. The van der Waals surface area contributed by atoms with E-state index >= 15 is 0 Å². The van der Waals surface area contributed by atoms with E-state index in [1.165, 1.54) is 5.56 Å². The van der Waals surface area contributed by atoms with E-state index in [0.717, 1.165) is 29.9 Å². The van der Waals surface area contributed by atoms with Crippen LogP contribution >= 0.6 is 0 Å². The number of urea groups is 1. The van der Waals surface area contributed by atoms with Crippen LogP contribution in [0, 0.1) is 0 Å². The van der Waals surface area contributed by atoms with Crippen molar-refractivity contribution in [2.24, 2.45) is 0 Å². The molecule has 178 valence electrons. The van der Waals surface area contributed by atoms with E-state index < -0.39 is 0 Å². The zero-order chi connectivity index (χ0) is 23.8. The Morgan fingerprint density at radius 1 is 0.853 bits per heavy atom. The summed E-state index contributed by atoms with van der Waals surface area (Å²) in [7, 11) is 4.08. The summed E-state index contributed by atoms with van der Waals surface area (Å²) in [5.74, 6) is 0. The highest BCUT2D eigenvalue weighted by atomic mass is 16.5. The monoisotopic (exact) mass is 458 g/mol. The minimum atomic E-state index is -0.219. The van der Waals surface area contributed by atoms with Crippen molar-refractivity contribution in [2.75, 3.05) is 51.8 Å². The molecule has 1 aliphatic heterocycles. The van der Waals surface area contributed by atoms with Gasteiger partial charge in [0.15, 0.2) is 0 Å². The van der Waals surface area contributed by atoms with E-state index in [4.69, 9.17) is 4.74 Å². The molecule has 1 saturated heterocycles. The highest BCUT2D eigenvalue weighted by Crippen LogP contribution is 2.25. The zero-order valence-corrected chi connectivity index (χ0v) is 20.0. The Bertz CT molecular complexity index is 980. The minimum Gasteiger partial charge on any atom is -0.379 e. The Morgan fingerprint density at radius 2 is 1.41 bits per heavy atom. The lowest BCUT2D eigenvalue weighted by Crippen LogP contribution is -2.46. The number of anilines is 1. The molecule has 0 aromatic heterocycles. The smallest absolute Gasteiger partial charge is 0.315 e. The summed E-state index contributed by atoms with van der Waals surface area (Å²) in [5.41, 5.74) is 4.44. The van der Waals surface area contributed by atoms with Gasteiger partial charge in [-0.15, -0.1) is 0 Å². The molecule has 1 fully saturated rings. The molecule has 0 bridgehead atoms. The van der Waals surface area contributed by atoms with Gasteiger partial charge in [-0.1, -0.05) is 72.8 Å². The first kappa shape index (κ1) is 23.8. The zero-order valence-electron chi connectivity index (χ0n) is 20.0. The maximum atomic E-state index is 13.1. The summed E-state index contributed by atoms with van der Waals surface area (Å²) in [6.07, 6.45) is 0. The quantitative estimate of drug-likeness (QED) is 0.531. The summed E-state index contributed by atoms with van der Waals surface area (Å²) < 4.78 is 5.56. The molecule has 4 rings (SSSR count). The molecule has 3 aromatic rings. The van der Waals surface area contributed by atoms with Crippen molar-refractivity contribution in [2.45, 2.75) is 12.1 Å². The van der Waals surface area contributed by atoms with E-state index in [1.54, 1.807) is 0 Å². The van der Waals surface area contributed by atoms with Crippen LogP contribution in [-0.4, -0.2) is 57.9 Å². The maximum Gasteiger partial charge on any atom is 0.315 e. The lowest BCUT2D eigenvalue weighted by Gasteiger charge is -2.35. The lowest BCUT2D eigenvalue weighted by atomic mass is 9.99. The largest absolute Gasteiger partial charge is 0.379 e. The van der Waals surface area contributed by atoms with E-state index in [1.807, 2.05) is 74.8 Å². The van der Waals surface area contributed by atoms with Crippen molar-refractivity contribution in [1.82, 2.24) is 15.5 Å². The van der Waals surface area contributed by atoms with E-state index in [2.05, 4.69) is 44.7 Å². The topological polar surface area (TPSA) is 56.8 Å². The minimum absolute atomic E-state index is 0.0813. The molecule has 3 aromatic carbocycles. The molecule has 1 unspecified atom stereocenters. The van der Waals surface area contributed by atoms with Crippen LogP contribution in [0.3, 0.4) is 0 Å². The second kappa shape index (κ2) is 11.7. The maximum absolute atomic E-state index is 13.1. The van der Waals surface area contributed by atoms with Crippen LogP contribution in [0.2, 0.25) is 0 Å². The highest BCUT2D eigenvalue weighted by Gasteiger charge is 2.24. The number of carbonyl (C=O) groups is 1. The normalized spacial score (nSPS) is 15.0. The number of benzene rings is 3. The predicted octanol–water partition coefficient (Wildman–Crippen LogP) is 4.21. The molecule has 1 aliphatic rings. The molecule has 0 radical (unpaired) electrons. The first-order valence-electron chi connectivity index (χ1n) is 11.8. The lowest BCUT2D eigenvalue weighted by molar-refractivity contribution is 0.0167. The second-order valence-corrected chi connectivity index (χ2v) is 8.76. The number of amides is 2. The van der Waals surface area contributed by atoms with E-state index in [0.29, 0.717) is 19.8 Å². The number of hydrogen-bond donors (Lipinski definition) is 2. The van der Waals surface area contributed by atoms with Crippen molar-refractivity contribution >= 4 is 11.7 Å². The number of rotatable bonds is 8. The van der Waals surface area contributed by atoms with Crippen LogP contribution in [0.1, 0.15) is 28.8 Å². The van der Waals surface area contributed by atoms with Gasteiger partial charge in [-0.25, -0.2) is 4.79 Å². The van der Waals surface area contributed by atoms with Crippen LogP contribution in [0.25, 0.3) is 0 Å². The number of morpholine rings is 1. The van der Waals surface area contributed by atoms with E-state index in [9.17, 15) is 4.79 Å². The van der Waals surface area contributed by atoms with Crippen LogP contribution in [-0.2, 0) is 4.74 Å². The third kappa shape index (κ3) is 6.16. The molecule has 1 atom stereocenters. The summed E-state index contributed by atoms with van der Waals surface area (Å²) >= 11 is 0. The third-order valence-corrected chi connectivity index (χ3v) is 6.28. The van der Waals surface area contributed by atoms with E-state index in [-0.39, 0.29) is 18.1 Å². The molecule has 0 spiro atoms. The number of nitrogens with one attached hydrogen (secondary N) is 2. The molecule has 0 aliphatic carbocycles. The molecular formula is C28H34N4O2. The summed E-state index contributed by atoms with van der Waals surface area (Å²) in [4.78, 5) is 17.6. The molecular weight excluding hydrogens is 424 g/mol. The molecule has 6 nitrogen and oxygen atoms in total. The van der Waals surface area contributed by atoms with Gasteiger partial charge in [0.05, 0.1) is 25.3 Å². The van der Waals surface area contributed by atoms with Gasteiger partial charge < -0.3 is 20.3 Å². The van der Waals surface area contributed by atoms with Gasteiger partial charge in [-0.2, -0.15) is 0 Å². The third-order valence-electron chi connectivity index (χ3n) is 6.28. The fraction of sp³-hybridized carbons (Fsp3) is 0.321. The average Bonchev–Trinajstić information content (AvgIpc) is 2.89. The van der Waals surface area contributed by atoms with Crippen LogP contribution in [0.5, 0.6) is 0 Å². The Morgan fingerprint density at radius 3 is 1.94 bits per heavy atom. The van der Waals surface area contributed by atoms with Crippen LogP contribution in [0.4, 0.5) is 10.5 Å². The fourth-order valence-electron chi connectivity index (χ4n) is 4.36. The number of hydrogen-bond acceptors (Lipinski definition) is 4. The standard InChI is InChI=1S/C28H34N4O2/c1-31(2)25-15-13-22(14-16-25)26(32-17-19-34-20-18-32)21-29-28(33)30-27(23-9-5-3-6-10-23)24-11-7-4-8-12-24/h3-16,26-27H,17-21H2,1-2H3,(H2,29,30,33).